The van der Waals surface area contributed by atoms with Crippen LogP contribution in [-0.4, -0.2) is 11.6 Å². The zero-order valence-electron chi connectivity index (χ0n) is 11.3. The number of hydrogen-bond acceptors (Lipinski definition) is 2. The van der Waals surface area contributed by atoms with Gasteiger partial charge in [0.2, 0.25) is 0 Å². The fourth-order valence-corrected chi connectivity index (χ4v) is 3.03. The van der Waals surface area contributed by atoms with Gasteiger partial charge in [-0.25, -0.2) is 0 Å². The summed E-state index contributed by atoms with van der Waals surface area (Å²) in [6.45, 7) is 4.36. The van der Waals surface area contributed by atoms with Crippen LogP contribution in [0.3, 0.4) is 0 Å². The Kier molecular flexibility index (Phi) is 3.93. The predicted molar refractivity (Wildman–Crippen MR) is 73.7 cm³/mol. The molecule has 0 unspecified atom stereocenters. The van der Waals surface area contributed by atoms with E-state index in [1.807, 2.05) is 0 Å². The van der Waals surface area contributed by atoms with Gasteiger partial charge >= 0.3 is 0 Å². The molecule has 2 nitrogen and oxygen atoms in total. The second-order valence-electron chi connectivity index (χ2n) is 5.88. The van der Waals surface area contributed by atoms with Gasteiger partial charge in [0.25, 0.3) is 0 Å². The Morgan fingerprint density at radius 2 is 1.94 bits per heavy atom. The molecule has 96 valence electrons. The van der Waals surface area contributed by atoms with Crippen LogP contribution in [0.2, 0.25) is 0 Å². The SMILES string of the molecule is CC(C)NC1=CCCC(C2(N)CCCCC2)=C1. The lowest BCUT2D eigenvalue weighted by Gasteiger charge is -2.37. The lowest BCUT2D eigenvalue weighted by Crippen LogP contribution is -2.44. The van der Waals surface area contributed by atoms with Crippen molar-refractivity contribution in [1.29, 1.82) is 0 Å². The van der Waals surface area contributed by atoms with Gasteiger partial charge < -0.3 is 11.1 Å². The Labute approximate surface area is 105 Å². The highest BCUT2D eigenvalue weighted by atomic mass is 14.9. The molecule has 0 aromatic carbocycles. The van der Waals surface area contributed by atoms with Gasteiger partial charge in [-0.15, -0.1) is 0 Å². The third-order valence-electron chi connectivity index (χ3n) is 3.95. The topological polar surface area (TPSA) is 38.0 Å². The Morgan fingerprint density at radius 1 is 1.24 bits per heavy atom. The molecule has 0 aromatic heterocycles. The minimum atomic E-state index is -0.00355. The molecular weight excluding hydrogens is 208 g/mol. The Morgan fingerprint density at radius 3 is 2.59 bits per heavy atom. The standard InChI is InChI=1S/C15H26N2/c1-12(2)17-14-8-6-7-13(11-14)15(16)9-4-3-5-10-15/h8,11-12,17H,3-7,9-10,16H2,1-2H3. The van der Waals surface area contributed by atoms with Crippen molar-refractivity contribution in [3.8, 4) is 0 Å². The molecule has 0 heterocycles. The Hall–Kier alpha value is -0.760. The van der Waals surface area contributed by atoms with E-state index >= 15 is 0 Å². The molecule has 2 rings (SSSR count). The van der Waals surface area contributed by atoms with Gasteiger partial charge in [-0.3, -0.25) is 0 Å². The molecule has 2 aliphatic carbocycles. The van der Waals surface area contributed by atoms with E-state index in [-0.39, 0.29) is 5.54 Å². The van der Waals surface area contributed by atoms with Crippen LogP contribution in [0.4, 0.5) is 0 Å². The number of rotatable bonds is 3. The summed E-state index contributed by atoms with van der Waals surface area (Å²) in [4.78, 5) is 0. The summed E-state index contributed by atoms with van der Waals surface area (Å²) in [7, 11) is 0. The summed E-state index contributed by atoms with van der Waals surface area (Å²) < 4.78 is 0. The number of hydrogen-bond donors (Lipinski definition) is 2. The molecule has 0 atom stereocenters. The number of allylic oxidation sites excluding steroid dienone is 2. The van der Waals surface area contributed by atoms with Crippen LogP contribution in [0.25, 0.3) is 0 Å². The number of nitrogens with two attached hydrogens (primary N) is 1. The van der Waals surface area contributed by atoms with E-state index in [4.69, 9.17) is 5.73 Å². The van der Waals surface area contributed by atoms with E-state index in [0.29, 0.717) is 6.04 Å². The van der Waals surface area contributed by atoms with Crippen LogP contribution >= 0.6 is 0 Å². The van der Waals surface area contributed by atoms with Crippen molar-refractivity contribution < 1.29 is 0 Å². The normalized spacial score (nSPS) is 24.2. The molecule has 1 fully saturated rings. The van der Waals surface area contributed by atoms with Crippen molar-refractivity contribution in [3.05, 3.63) is 23.4 Å². The average Bonchev–Trinajstić information content (AvgIpc) is 2.29. The van der Waals surface area contributed by atoms with Gasteiger partial charge in [0.1, 0.15) is 0 Å². The summed E-state index contributed by atoms with van der Waals surface area (Å²) in [6.07, 6.45) is 13.2. The van der Waals surface area contributed by atoms with Crippen molar-refractivity contribution >= 4 is 0 Å². The molecule has 17 heavy (non-hydrogen) atoms. The van der Waals surface area contributed by atoms with E-state index in [2.05, 4.69) is 31.3 Å². The van der Waals surface area contributed by atoms with E-state index in [0.717, 1.165) is 12.8 Å². The molecule has 0 bridgehead atoms. The first-order valence-corrected chi connectivity index (χ1v) is 7.07. The van der Waals surface area contributed by atoms with Gasteiger partial charge in [-0.2, -0.15) is 0 Å². The third kappa shape index (κ3) is 3.12. The summed E-state index contributed by atoms with van der Waals surface area (Å²) in [5.41, 5.74) is 9.35. The van der Waals surface area contributed by atoms with E-state index < -0.39 is 0 Å². The second kappa shape index (κ2) is 5.26. The van der Waals surface area contributed by atoms with Crippen LogP contribution in [0.15, 0.2) is 23.4 Å². The average molecular weight is 234 g/mol. The monoisotopic (exact) mass is 234 g/mol. The third-order valence-corrected chi connectivity index (χ3v) is 3.95. The molecule has 2 heteroatoms. The second-order valence-corrected chi connectivity index (χ2v) is 5.88. The molecule has 0 amide bonds. The summed E-state index contributed by atoms with van der Waals surface area (Å²) in [5, 5.41) is 3.50. The van der Waals surface area contributed by atoms with Crippen molar-refractivity contribution in [2.75, 3.05) is 0 Å². The van der Waals surface area contributed by atoms with Crippen LogP contribution in [0.5, 0.6) is 0 Å². The lowest BCUT2D eigenvalue weighted by atomic mass is 9.74. The molecule has 1 saturated carbocycles. The first-order valence-electron chi connectivity index (χ1n) is 7.07. The van der Waals surface area contributed by atoms with Gasteiger partial charge in [-0.1, -0.05) is 25.3 Å². The summed E-state index contributed by atoms with van der Waals surface area (Å²) >= 11 is 0. The van der Waals surface area contributed by atoms with Gasteiger partial charge in [-0.05, 0) is 51.2 Å². The molecule has 0 radical (unpaired) electrons. The minimum absolute atomic E-state index is 0.00355. The predicted octanol–water partition coefficient (Wildman–Crippen LogP) is 3.25. The molecule has 0 aromatic rings. The van der Waals surface area contributed by atoms with E-state index in [9.17, 15) is 0 Å². The smallest absolute Gasteiger partial charge is 0.0372 e. The van der Waals surface area contributed by atoms with Crippen LogP contribution < -0.4 is 11.1 Å². The quantitative estimate of drug-likeness (QED) is 0.786. The number of nitrogens with one attached hydrogen (secondary N) is 1. The zero-order valence-corrected chi connectivity index (χ0v) is 11.3. The first-order chi connectivity index (χ1) is 8.10. The molecule has 0 aliphatic heterocycles. The van der Waals surface area contributed by atoms with Crippen LogP contribution in [0, 0.1) is 0 Å². The first kappa shape index (κ1) is 12.7. The Balaban J connectivity index is 2.09. The van der Waals surface area contributed by atoms with Crippen LogP contribution in [0.1, 0.15) is 58.8 Å². The zero-order chi connectivity index (χ0) is 12.3. The van der Waals surface area contributed by atoms with Crippen molar-refractivity contribution in [3.63, 3.8) is 0 Å². The highest BCUT2D eigenvalue weighted by Gasteiger charge is 2.31. The Bertz CT molecular complexity index is 320. The fourth-order valence-electron chi connectivity index (χ4n) is 3.03. The van der Waals surface area contributed by atoms with Gasteiger partial charge in [0.15, 0.2) is 0 Å². The molecular formula is C15H26N2. The molecule has 0 spiro atoms. The summed E-state index contributed by atoms with van der Waals surface area (Å²) in [6, 6.07) is 0.497. The highest BCUT2D eigenvalue weighted by Crippen LogP contribution is 2.36. The van der Waals surface area contributed by atoms with Gasteiger partial charge in [0.05, 0.1) is 0 Å². The molecule has 3 N–H and O–H groups in total. The van der Waals surface area contributed by atoms with E-state index in [1.165, 1.54) is 43.4 Å². The highest BCUT2D eigenvalue weighted by molar-refractivity contribution is 5.33. The molecule has 0 saturated heterocycles. The molecule has 2 aliphatic rings. The van der Waals surface area contributed by atoms with E-state index in [1.54, 1.807) is 0 Å². The van der Waals surface area contributed by atoms with Gasteiger partial charge in [0, 0.05) is 17.3 Å². The van der Waals surface area contributed by atoms with Crippen molar-refractivity contribution in [2.24, 2.45) is 5.73 Å². The van der Waals surface area contributed by atoms with Crippen molar-refractivity contribution in [2.45, 2.75) is 70.4 Å². The lowest BCUT2D eigenvalue weighted by molar-refractivity contribution is 0.333. The van der Waals surface area contributed by atoms with Crippen LogP contribution in [-0.2, 0) is 0 Å². The fraction of sp³-hybridized carbons (Fsp3) is 0.733. The maximum atomic E-state index is 6.60. The maximum absolute atomic E-state index is 6.60. The minimum Gasteiger partial charge on any atom is -0.383 e. The largest absolute Gasteiger partial charge is 0.383 e. The maximum Gasteiger partial charge on any atom is 0.0372 e. The van der Waals surface area contributed by atoms with Crippen molar-refractivity contribution in [1.82, 2.24) is 5.32 Å². The summed E-state index contributed by atoms with van der Waals surface area (Å²) in [5.74, 6) is 0.